The number of benzene rings is 1. The maximum atomic E-state index is 8.94. The molecule has 2 rings (SSSR count). The number of nitrogens with zero attached hydrogens (tertiary/aromatic N) is 1. The third-order valence-electron chi connectivity index (χ3n) is 2.43. The molecule has 0 aliphatic rings. The summed E-state index contributed by atoms with van der Waals surface area (Å²) in [6.45, 7) is 2.24. The van der Waals surface area contributed by atoms with Crippen LogP contribution in [0.15, 0.2) is 36.4 Å². The Morgan fingerprint density at radius 3 is 2.88 bits per heavy atom. The smallest absolute Gasteiger partial charge is 0.0705 e. The van der Waals surface area contributed by atoms with Crippen molar-refractivity contribution in [1.82, 2.24) is 4.98 Å². The van der Waals surface area contributed by atoms with Gasteiger partial charge in [0.1, 0.15) is 0 Å². The lowest BCUT2D eigenvalue weighted by Gasteiger charge is -2.07. The Hall–Kier alpha value is -1.06. The molecule has 84 valence electrons. The Morgan fingerprint density at radius 1 is 1.25 bits per heavy atom. The Labute approximate surface area is 99.7 Å². The van der Waals surface area contributed by atoms with Crippen molar-refractivity contribution in [2.24, 2.45) is 0 Å². The third-order valence-corrected chi connectivity index (χ3v) is 3.61. The zero-order valence-corrected chi connectivity index (χ0v) is 10.1. The van der Waals surface area contributed by atoms with Gasteiger partial charge in [-0.3, -0.25) is 4.98 Å². The number of aromatic nitrogens is 1. The molecular weight excluding hydrogens is 218 g/mol. The molecule has 1 aromatic heterocycles. The summed E-state index contributed by atoms with van der Waals surface area (Å²) in [7, 11) is 0. The number of fused-ring (bicyclic) bond motifs is 1. The van der Waals surface area contributed by atoms with Crippen LogP contribution in [0.25, 0.3) is 10.9 Å². The summed E-state index contributed by atoms with van der Waals surface area (Å²) in [6.07, 6.45) is 0. The lowest BCUT2D eigenvalue weighted by molar-refractivity contribution is 0.300. The summed E-state index contributed by atoms with van der Waals surface area (Å²) in [6, 6.07) is 12.3. The molecule has 2 aromatic rings. The van der Waals surface area contributed by atoms with Crippen LogP contribution in [-0.4, -0.2) is 21.9 Å². The number of hydrogen-bond donors (Lipinski definition) is 1. The molecule has 16 heavy (non-hydrogen) atoms. The Morgan fingerprint density at radius 2 is 2.06 bits per heavy atom. The van der Waals surface area contributed by atoms with Crippen LogP contribution in [0, 0.1) is 0 Å². The van der Waals surface area contributed by atoms with Crippen molar-refractivity contribution in [1.29, 1.82) is 0 Å². The first-order valence-electron chi connectivity index (χ1n) is 5.37. The molecule has 0 amide bonds. The third kappa shape index (κ3) is 2.74. The minimum atomic E-state index is 0.220. The van der Waals surface area contributed by atoms with Gasteiger partial charge in [0, 0.05) is 16.4 Å². The van der Waals surface area contributed by atoms with Crippen LogP contribution in [0.3, 0.4) is 0 Å². The fraction of sp³-hybridized carbons (Fsp3) is 0.308. The van der Waals surface area contributed by atoms with Gasteiger partial charge in [0.25, 0.3) is 0 Å². The molecule has 0 fully saturated rings. The second-order valence-electron chi connectivity index (χ2n) is 3.80. The molecule has 3 heteroatoms. The maximum absolute atomic E-state index is 8.94. The first-order chi connectivity index (χ1) is 7.79. The summed E-state index contributed by atoms with van der Waals surface area (Å²) >= 11 is 1.73. The molecule has 0 bridgehead atoms. The Bertz CT molecular complexity index is 472. The topological polar surface area (TPSA) is 33.1 Å². The van der Waals surface area contributed by atoms with Crippen molar-refractivity contribution in [3.8, 4) is 0 Å². The van der Waals surface area contributed by atoms with Crippen LogP contribution in [0.4, 0.5) is 0 Å². The number of aliphatic hydroxyl groups excluding tert-OH is 1. The van der Waals surface area contributed by atoms with Crippen molar-refractivity contribution in [3.63, 3.8) is 0 Å². The van der Waals surface area contributed by atoms with Gasteiger partial charge in [0.2, 0.25) is 0 Å². The normalized spacial score (nSPS) is 12.9. The summed E-state index contributed by atoms with van der Waals surface area (Å²) in [5.41, 5.74) is 2.11. The lowest BCUT2D eigenvalue weighted by atomic mass is 10.2. The average molecular weight is 233 g/mol. The molecule has 1 aromatic carbocycles. The van der Waals surface area contributed by atoms with Gasteiger partial charge in [-0.15, -0.1) is 0 Å². The minimum absolute atomic E-state index is 0.220. The standard InChI is InChI=1S/C13H15NOS/c1-10(8-15)16-9-12-7-6-11-4-2-3-5-13(11)14-12/h2-7,10,15H,8-9H2,1H3/t10-/m0/s1. The first-order valence-corrected chi connectivity index (χ1v) is 6.41. The summed E-state index contributed by atoms with van der Waals surface area (Å²) in [5.74, 6) is 0.854. The van der Waals surface area contributed by atoms with Crippen LogP contribution in [0.2, 0.25) is 0 Å². The van der Waals surface area contributed by atoms with Gasteiger partial charge in [-0.05, 0) is 12.1 Å². The van der Waals surface area contributed by atoms with E-state index < -0.39 is 0 Å². The molecule has 0 radical (unpaired) electrons. The van der Waals surface area contributed by atoms with Gasteiger partial charge in [-0.2, -0.15) is 11.8 Å². The highest BCUT2D eigenvalue weighted by atomic mass is 32.2. The van der Waals surface area contributed by atoms with E-state index in [9.17, 15) is 0 Å². The number of hydrogen-bond acceptors (Lipinski definition) is 3. The fourth-order valence-corrected chi connectivity index (χ4v) is 2.19. The molecule has 0 unspecified atom stereocenters. The molecule has 0 saturated carbocycles. The predicted octanol–water partition coefficient (Wildman–Crippen LogP) is 2.85. The number of thioether (sulfide) groups is 1. The van der Waals surface area contributed by atoms with Gasteiger partial charge in [-0.1, -0.05) is 31.2 Å². The molecule has 0 saturated heterocycles. The summed E-state index contributed by atoms with van der Waals surface area (Å²) < 4.78 is 0. The molecule has 0 spiro atoms. The second-order valence-corrected chi connectivity index (χ2v) is 5.23. The van der Waals surface area contributed by atoms with Gasteiger partial charge in [0.15, 0.2) is 0 Å². The molecular formula is C13H15NOS. The average Bonchev–Trinajstić information content (AvgIpc) is 2.35. The fourth-order valence-electron chi connectivity index (χ4n) is 1.47. The molecule has 0 aliphatic heterocycles. The molecule has 1 atom stereocenters. The first kappa shape index (κ1) is 11.4. The Balaban J connectivity index is 2.13. The minimum Gasteiger partial charge on any atom is -0.395 e. The lowest BCUT2D eigenvalue weighted by Crippen LogP contribution is -2.02. The SMILES string of the molecule is C[C@@H](CO)SCc1ccc2ccccc2n1. The zero-order chi connectivity index (χ0) is 11.4. The van der Waals surface area contributed by atoms with E-state index in [0.717, 1.165) is 17.0 Å². The monoisotopic (exact) mass is 233 g/mol. The number of para-hydroxylation sites is 1. The van der Waals surface area contributed by atoms with E-state index in [4.69, 9.17) is 5.11 Å². The molecule has 2 nitrogen and oxygen atoms in total. The zero-order valence-electron chi connectivity index (χ0n) is 9.26. The summed E-state index contributed by atoms with van der Waals surface area (Å²) in [4.78, 5) is 4.58. The van der Waals surface area contributed by atoms with E-state index in [1.54, 1.807) is 11.8 Å². The van der Waals surface area contributed by atoms with Crippen molar-refractivity contribution < 1.29 is 5.11 Å². The number of pyridine rings is 1. The van der Waals surface area contributed by atoms with Gasteiger partial charge in [0.05, 0.1) is 17.8 Å². The van der Waals surface area contributed by atoms with Crippen molar-refractivity contribution >= 4 is 22.7 Å². The van der Waals surface area contributed by atoms with E-state index in [0.29, 0.717) is 0 Å². The van der Waals surface area contributed by atoms with Crippen LogP contribution >= 0.6 is 11.8 Å². The predicted molar refractivity (Wildman–Crippen MR) is 69.6 cm³/mol. The second kappa shape index (κ2) is 5.32. The van der Waals surface area contributed by atoms with Crippen LogP contribution in [0.1, 0.15) is 12.6 Å². The van der Waals surface area contributed by atoms with Crippen molar-refractivity contribution in [2.75, 3.05) is 6.61 Å². The van der Waals surface area contributed by atoms with E-state index in [-0.39, 0.29) is 11.9 Å². The molecule has 0 aliphatic carbocycles. The largest absolute Gasteiger partial charge is 0.395 e. The van der Waals surface area contributed by atoms with Crippen molar-refractivity contribution in [3.05, 3.63) is 42.1 Å². The molecule has 1 heterocycles. The van der Waals surface area contributed by atoms with Gasteiger partial charge >= 0.3 is 0 Å². The molecule has 1 N–H and O–H groups in total. The van der Waals surface area contributed by atoms with Crippen LogP contribution in [0.5, 0.6) is 0 Å². The van der Waals surface area contributed by atoms with Crippen LogP contribution < -0.4 is 0 Å². The number of aliphatic hydroxyl groups is 1. The van der Waals surface area contributed by atoms with Gasteiger partial charge < -0.3 is 5.11 Å². The summed E-state index contributed by atoms with van der Waals surface area (Å²) in [5, 5.41) is 10.4. The van der Waals surface area contributed by atoms with E-state index in [1.807, 2.05) is 25.1 Å². The van der Waals surface area contributed by atoms with Crippen LogP contribution in [-0.2, 0) is 5.75 Å². The highest BCUT2D eigenvalue weighted by Gasteiger charge is 2.02. The Kier molecular flexibility index (Phi) is 3.80. The highest BCUT2D eigenvalue weighted by Crippen LogP contribution is 2.18. The van der Waals surface area contributed by atoms with Gasteiger partial charge in [-0.25, -0.2) is 0 Å². The van der Waals surface area contributed by atoms with Crippen molar-refractivity contribution in [2.45, 2.75) is 17.9 Å². The quantitative estimate of drug-likeness (QED) is 0.881. The highest BCUT2D eigenvalue weighted by molar-refractivity contribution is 7.99. The maximum Gasteiger partial charge on any atom is 0.0705 e. The van der Waals surface area contributed by atoms with E-state index in [1.165, 1.54) is 5.39 Å². The van der Waals surface area contributed by atoms with E-state index in [2.05, 4.69) is 23.2 Å². The number of rotatable bonds is 4. The van der Waals surface area contributed by atoms with E-state index >= 15 is 0 Å².